The molecule has 26 heavy (non-hydrogen) atoms. The fraction of sp³-hybridized carbons (Fsp3) is 0.429. The standard InChI is InChI=1S/C21H26O5/c1-21(22)19(25-14-17-11-7-4-8-12-17)18(26-20(21)23-2)15-24-13-16-9-5-3-6-10-16/h3-12,18-20,22H,13-15H2,1-2H3/t18-,19-,20?,21?/m1/s1. The average molecular weight is 358 g/mol. The predicted molar refractivity (Wildman–Crippen MR) is 97.4 cm³/mol. The first-order valence-electron chi connectivity index (χ1n) is 8.79. The highest BCUT2D eigenvalue weighted by Gasteiger charge is 2.54. The van der Waals surface area contributed by atoms with Gasteiger partial charge in [-0.2, -0.15) is 0 Å². The smallest absolute Gasteiger partial charge is 0.188 e. The van der Waals surface area contributed by atoms with Crippen LogP contribution in [0.5, 0.6) is 0 Å². The lowest BCUT2D eigenvalue weighted by Crippen LogP contribution is -2.48. The summed E-state index contributed by atoms with van der Waals surface area (Å²) in [5.74, 6) is 0. The van der Waals surface area contributed by atoms with Crippen molar-refractivity contribution in [1.82, 2.24) is 0 Å². The largest absolute Gasteiger partial charge is 0.382 e. The molecule has 2 aromatic rings. The van der Waals surface area contributed by atoms with Gasteiger partial charge in [0.15, 0.2) is 6.29 Å². The number of aliphatic hydroxyl groups is 1. The lowest BCUT2D eigenvalue weighted by molar-refractivity contribution is -0.190. The Balaban J connectivity index is 1.61. The molecule has 1 N–H and O–H groups in total. The van der Waals surface area contributed by atoms with Gasteiger partial charge in [-0.15, -0.1) is 0 Å². The minimum atomic E-state index is -1.26. The van der Waals surface area contributed by atoms with Crippen molar-refractivity contribution in [3.63, 3.8) is 0 Å². The summed E-state index contributed by atoms with van der Waals surface area (Å²) in [6, 6.07) is 19.8. The van der Waals surface area contributed by atoms with Gasteiger partial charge in [-0.05, 0) is 18.1 Å². The second-order valence-electron chi connectivity index (χ2n) is 6.69. The highest BCUT2D eigenvalue weighted by molar-refractivity contribution is 5.14. The molecule has 0 radical (unpaired) electrons. The number of benzene rings is 2. The molecule has 1 aliphatic heterocycles. The van der Waals surface area contributed by atoms with E-state index in [1.165, 1.54) is 7.11 Å². The fourth-order valence-corrected chi connectivity index (χ4v) is 3.20. The topological polar surface area (TPSA) is 57.2 Å². The van der Waals surface area contributed by atoms with Crippen LogP contribution in [0.4, 0.5) is 0 Å². The molecule has 1 fully saturated rings. The third-order valence-corrected chi connectivity index (χ3v) is 4.57. The number of methoxy groups -OCH3 is 1. The van der Waals surface area contributed by atoms with Crippen LogP contribution in [0.1, 0.15) is 18.1 Å². The van der Waals surface area contributed by atoms with E-state index in [-0.39, 0.29) is 0 Å². The minimum Gasteiger partial charge on any atom is -0.382 e. The lowest BCUT2D eigenvalue weighted by atomic mass is 9.97. The summed E-state index contributed by atoms with van der Waals surface area (Å²) in [6.07, 6.45) is -1.72. The Kier molecular flexibility index (Phi) is 6.40. The molecule has 4 atom stereocenters. The molecule has 0 saturated carbocycles. The highest BCUT2D eigenvalue weighted by atomic mass is 16.7. The van der Waals surface area contributed by atoms with Crippen molar-refractivity contribution in [3.8, 4) is 0 Å². The summed E-state index contributed by atoms with van der Waals surface area (Å²) in [5, 5.41) is 10.8. The fourth-order valence-electron chi connectivity index (χ4n) is 3.20. The van der Waals surface area contributed by atoms with E-state index in [2.05, 4.69) is 0 Å². The van der Waals surface area contributed by atoms with Gasteiger partial charge in [-0.3, -0.25) is 0 Å². The van der Waals surface area contributed by atoms with Gasteiger partial charge in [-0.25, -0.2) is 0 Å². The molecule has 5 heteroatoms. The predicted octanol–water partition coefficient (Wildman–Crippen LogP) is 2.91. The van der Waals surface area contributed by atoms with E-state index in [0.29, 0.717) is 19.8 Å². The zero-order valence-electron chi connectivity index (χ0n) is 15.2. The van der Waals surface area contributed by atoms with Crippen LogP contribution in [0.15, 0.2) is 60.7 Å². The summed E-state index contributed by atoms with van der Waals surface area (Å²) >= 11 is 0. The minimum absolute atomic E-state index is 0.310. The van der Waals surface area contributed by atoms with Crippen LogP contribution in [-0.2, 0) is 32.2 Å². The van der Waals surface area contributed by atoms with Crippen molar-refractivity contribution in [3.05, 3.63) is 71.8 Å². The van der Waals surface area contributed by atoms with Crippen LogP contribution < -0.4 is 0 Å². The van der Waals surface area contributed by atoms with Crippen LogP contribution >= 0.6 is 0 Å². The molecule has 5 nitrogen and oxygen atoms in total. The van der Waals surface area contributed by atoms with E-state index in [4.69, 9.17) is 18.9 Å². The van der Waals surface area contributed by atoms with E-state index in [1.54, 1.807) is 6.92 Å². The summed E-state index contributed by atoms with van der Waals surface area (Å²) in [5.41, 5.74) is 0.861. The van der Waals surface area contributed by atoms with Gasteiger partial charge in [-0.1, -0.05) is 60.7 Å². The van der Waals surface area contributed by atoms with Crippen LogP contribution in [-0.4, -0.2) is 42.9 Å². The Morgan fingerprint density at radius 3 is 2.12 bits per heavy atom. The number of hydrogen-bond acceptors (Lipinski definition) is 5. The zero-order chi connectivity index (χ0) is 18.4. The Morgan fingerprint density at radius 1 is 0.962 bits per heavy atom. The maximum atomic E-state index is 10.8. The van der Waals surface area contributed by atoms with Gasteiger partial charge >= 0.3 is 0 Å². The molecule has 0 spiro atoms. The van der Waals surface area contributed by atoms with Gasteiger partial charge in [0.1, 0.15) is 17.8 Å². The van der Waals surface area contributed by atoms with Crippen molar-refractivity contribution in [2.75, 3.05) is 13.7 Å². The van der Waals surface area contributed by atoms with Gasteiger partial charge < -0.3 is 24.1 Å². The molecule has 3 rings (SSSR count). The normalized spacial score (nSPS) is 28.3. The number of rotatable bonds is 8. The van der Waals surface area contributed by atoms with Gasteiger partial charge in [0, 0.05) is 7.11 Å². The van der Waals surface area contributed by atoms with Crippen LogP contribution in [0.2, 0.25) is 0 Å². The quantitative estimate of drug-likeness (QED) is 0.786. The summed E-state index contributed by atoms with van der Waals surface area (Å²) in [4.78, 5) is 0. The van der Waals surface area contributed by atoms with Crippen molar-refractivity contribution >= 4 is 0 Å². The molecule has 140 valence electrons. The Labute approximate surface area is 154 Å². The van der Waals surface area contributed by atoms with Crippen molar-refractivity contribution in [1.29, 1.82) is 0 Å². The maximum Gasteiger partial charge on any atom is 0.188 e. The Hall–Kier alpha value is -1.76. The van der Waals surface area contributed by atoms with Crippen LogP contribution in [0, 0.1) is 0 Å². The van der Waals surface area contributed by atoms with E-state index in [1.807, 2.05) is 60.7 Å². The molecule has 0 amide bonds. The van der Waals surface area contributed by atoms with Crippen LogP contribution in [0.3, 0.4) is 0 Å². The number of hydrogen-bond donors (Lipinski definition) is 1. The summed E-state index contributed by atoms with van der Waals surface area (Å²) < 4.78 is 23.0. The SMILES string of the molecule is COC1O[C@H](COCc2ccccc2)[C@@H](OCc2ccccc2)C1(C)O. The third-order valence-electron chi connectivity index (χ3n) is 4.57. The zero-order valence-corrected chi connectivity index (χ0v) is 15.2. The molecular weight excluding hydrogens is 332 g/mol. The third kappa shape index (κ3) is 4.50. The molecule has 2 unspecified atom stereocenters. The van der Waals surface area contributed by atoms with Crippen molar-refractivity contribution in [2.45, 2.75) is 44.2 Å². The molecule has 1 saturated heterocycles. The van der Waals surface area contributed by atoms with Gasteiger partial charge in [0.2, 0.25) is 0 Å². The lowest BCUT2D eigenvalue weighted by Gasteiger charge is -2.29. The Bertz CT molecular complexity index is 659. The molecule has 0 bridgehead atoms. The second-order valence-corrected chi connectivity index (χ2v) is 6.69. The maximum absolute atomic E-state index is 10.8. The summed E-state index contributed by atoms with van der Waals surface area (Å²) in [6.45, 7) is 2.85. The molecule has 0 aliphatic carbocycles. The van der Waals surface area contributed by atoms with E-state index >= 15 is 0 Å². The Morgan fingerprint density at radius 2 is 1.54 bits per heavy atom. The average Bonchev–Trinajstić information content (AvgIpc) is 2.91. The number of ether oxygens (including phenoxy) is 4. The highest BCUT2D eigenvalue weighted by Crippen LogP contribution is 2.34. The van der Waals surface area contributed by atoms with Crippen molar-refractivity contribution in [2.24, 2.45) is 0 Å². The van der Waals surface area contributed by atoms with Crippen LogP contribution in [0.25, 0.3) is 0 Å². The van der Waals surface area contributed by atoms with Gasteiger partial charge in [0.05, 0.1) is 19.8 Å². The van der Waals surface area contributed by atoms with E-state index < -0.39 is 24.1 Å². The molecule has 1 heterocycles. The first-order chi connectivity index (χ1) is 12.6. The monoisotopic (exact) mass is 358 g/mol. The van der Waals surface area contributed by atoms with Gasteiger partial charge in [0.25, 0.3) is 0 Å². The molecular formula is C21H26O5. The first kappa shape index (κ1) is 19.0. The first-order valence-corrected chi connectivity index (χ1v) is 8.79. The molecule has 2 aromatic carbocycles. The summed E-state index contributed by atoms with van der Waals surface area (Å²) in [7, 11) is 1.51. The molecule has 1 aliphatic rings. The second kappa shape index (κ2) is 8.75. The van der Waals surface area contributed by atoms with E-state index in [0.717, 1.165) is 11.1 Å². The van der Waals surface area contributed by atoms with E-state index in [9.17, 15) is 5.11 Å². The molecule has 0 aromatic heterocycles. The van der Waals surface area contributed by atoms with Crippen molar-refractivity contribution < 1.29 is 24.1 Å².